The highest BCUT2D eigenvalue weighted by Gasteiger charge is 2.04. The van der Waals surface area contributed by atoms with Gasteiger partial charge in [-0.1, -0.05) is 20.3 Å². The van der Waals surface area contributed by atoms with Crippen LogP contribution in [0.2, 0.25) is 0 Å². The average molecular weight is 237 g/mol. The lowest BCUT2D eigenvalue weighted by Crippen LogP contribution is -2.28. The molecule has 98 valence electrons. The molecule has 0 aliphatic heterocycles. The van der Waals surface area contributed by atoms with E-state index < -0.39 is 0 Å². The summed E-state index contributed by atoms with van der Waals surface area (Å²) in [6, 6.07) is 0.712. The van der Waals surface area contributed by atoms with Crippen molar-refractivity contribution < 1.29 is 0 Å². The smallest absolute Gasteiger partial charge is 0.0521 e. The zero-order chi connectivity index (χ0) is 12.5. The molecule has 3 nitrogen and oxygen atoms in total. The Morgan fingerprint density at radius 1 is 1.35 bits per heavy atom. The Hall–Kier alpha value is -0.830. The maximum Gasteiger partial charge on any atom is 0.0521 e. The lowest BCUT2D eigenvalue weighted by molar-refractivity contribution is 0.449. The predicted molar refractivity (Wildman–Crippen MR) is 73.1 cm³/mol. The summed E-state index contributed by atoms with van der Waals surface area (Å²) in [5.41, 5.74) is 1.36. The molecule has 17 heavy (non-hydrogen) atoms. The van der Waals surface area contributed by atoms with E-state index in [9.17, 15) is 0 Å². The highest BCUT2D eigenvalue weighted by atomic mass is 15.2. The van der Waals surface area contributed by atoms with Crippen LogP contribution in [0.25, 0.3) is 0 Å². The van der Waals surface area contributed by atoms with Gasteiger partial charge in [-0.15, -0.1) is 0 Å². The van der Waals surface area contributed by atoms with Gasteiger partial charge in [0.1, 0.15) is 0 Å². The first-order valence-electron chi connectivity index (χ1n) is 6.97. The number of hydrogen-bond acceptors (Lipinski definition) is 2. The molecule has 0 bridgehead atoms. The van der Waals surface area contributed by atoms with Gasteiger partial charge in [0.15, 0.2) is 0 Å². The highest BCUT2D eigenvalue weighted by molar-refractivity contribution is 5.03. The summed E-state index contributed by atoms with van der Waals surface area (Å²) in [5.74, 6) is 0. The molecule has 0 aliphatic carbocycles. The topological polar surface area (TPSA) is 29.9 Å². The van der Waals surface area contributed by atoms with Crippen molar-refractivity contribution in [1.82, 2.24) is 15.1 Å². The van der Waals surface area contributed by atoms with E-state index in [1.54, 1.807) is 0 Å². The molecule has 3 heteroatoms. The van der Waals surface area contributed by atoms with Crippen molar-refractivity contribution in [3.8, 4) is 0 Å². The zero-order valence-electron chi connectivity index (χ0n) is 11.6. The van der Waals surface area contributed by atoms with Crippen molar-refractivity contribution in [2.45, 2.75) is 58.4 Å². The molecule has 1 aromatic rings. The minimum absolute atomic E-state index is 0.712. The Morgan fingerprint density at radius 3 is 2.76 bits per heavy atom. The fourth-order valence-corrected chi connectivity index (χ4v) is 2.12. The largest absolute Gasteiger partial charge is 0.314 e. The van der Waals surface area contributed by atoms with Gasteiger partial charge >= 0.3 is 0 Å². The van der Waals surface area contributed by atoms with Gasteiger partial charge in [-0.2, -0.15) is 5.10 Å². The second kappa shape index (κ2) is 8.29. The lowest BCUT2D eigenvalue weighted by atomic mass is 10.0. The van der Waals surface area contributed by atoms with Crippen molar-refractivity contribution in [2.24, 2.45) is 7.05 Å². The number of hydrogen-bond donors (Lipinski definition) is 1. The van der Waals surface area contributed by atoms with Crippen molar-refractivity contribution >= 4 is 0 Å². The second-order valence-electron chi connectivity index (χ2n) is 4.83. The molecule has 1 atom stereocenters. The van der Waals surface area contributed by atoms with Crippen LogP contribution in [0, 0.1) is 0 Å². The van der Waals surface area contributed by atoms with Crippen LogP contribution >= 0.6 is 0 Å². The number of aryl methyl sites for hydroxylation is 2. The standard InChI is InChI=1S/C14H27N3/c1-4-10-15-14(5-2)9-7-6-8-13-11-16-17(3)12-13/h11-12,14-15H,4-10H2,1-3H3. The molecular weight excluding hydrogens is 210 g/mol. The van der Waals surface area contributed by atoms with Crippen molar-refractivity contribution in [1.29, 1.82) is 0 Å². The predicted octanol–water partition coefficient (Wildman–Crippen LogP) is 2.91. The normalized spacial score (nSPS) is 12.9. The van der Waals surface area contributed by atoms with E-state index in [2.05, 4.69) is 30.5 Å². The van der Waals surface area contributed by atoms with Gasteiger partial charge in [-0.3, -0.25) is 4.68 Å². The molecule has 1 heterocycles. The number of nitrogens with one attached hydrogen (secondary N) is 1. The van der Waals surface area contributed by atoms with E-state index in [4.69, 9.17) is 0 Å². The zero-order valence-corrected chi connectivity index (χ0v) is 11.6. The minimum Gasteiger partial charge on any atom is -0.314 e. The minimum atomic E-state index is 0.712. The van der Waals surface area contributed by atoms with Crippen molar-refractivity contribution in [2.75, 3.05) is 6.54 Å². The summed E-state index contributed by atoms with van der Waals surface area (Å²) < 4.78 is 1.88. The van der Waals surface area contributed by atoms with Crippen LogP contribution in [-0.2, 0) is 13.5 Å². The maximum atomic E-state index is 4.19. The molecule has 1 rings (SSSR count). The van der Waals surface area contributed by atoms with Crippen LogP contribution in [0.3, 0.4) is 0 Å². The van der Waals surface area contributed by atoms with Crippen molar-refractivity contribution in [3.63, 3.8) is 0 Å². The van der Waals surface area contributed by atoms with E-state index >= 15 is 0 Å². The van der Waals surface area contributed by atoms with Gasteiger partial charge in [-0.05, 0) is 44.2 Å². The lowest BCUT2D eigenvalue weighted by Gasteiger charge is -2.15. The molecule has 1 N–H and O–H groups in total. The van der Waals surface area contributed by atoms with Crippen LogP contribution in [0.5, 0.6) is 0 Å². The van der Waals surface area contributed by atoms with E-state index in [-0.39, 0.29) is 0 Å². The summed E-state index contributed by atoms with van der Waals surface area (Å²) in [5, 5.41) is 7.80. The Labute approximate surface area is 106 Å². The summed E-state index contributed by atoms with van der Waals surface area (Å²) in [4.78, 5) is 0. The van der Waals surface area contributed by atoms with Gasteiger partial charge in [0, 0.05) is 19.3 Å². The van der Waals surface area contributed by atoms with Gasteiger partial charge in [0.25, 0.3) is 0 Å². The van der Waals surface area contributed by atoms with E-state index in [0.29, 0.717) is 6.04 Å². The van der Waals surface area contributed by atoms with Gasteiger partial charge < -0.3 is 5.32 Å². The third-order valence-electron chi connectivity index (χ3n) is 3.20. The molecule has 0 saturated heterocycles. The van der Waals surface area contributed by atoms with E-state index in [1.807, 2.05) is 17.9 Å². The maximum absolute atomic E-state index is 4.19. The van der Waals surface area contributed by atoms with E-state index in [0.717, 1.165) is 13.0 Å². The quantitative estimate of drug-likeness (QED) is 0.669. The fourth-order valence-electron chi connectivity index (χ4n) is 2.12. The number of rotatable bonds is 9. The van der Waals surface area contributed by atoms with Gasteiger partial charge in [0.05, 0.1) is 6.20 Å². The molecule has 1 aromatic heterocycles. The monoisotopic (exact) mass is 237 g/mol. The number of unbranched alkanes of at least 4 members (excludes halogenated alkanes) is 1. The van der Waals surface area contributed by atoms with Crippen LogP contribution < -0.4 is 5.32 Å². The second-order valence-corrected chi connectivity index (χ2v) is 4.83. The molecule has 0 aliphatic rings. The molecule has 0 aromatic carbocycles. The van der Waals surface area contributed by atoms with Crippen LogP contribution in [-0.4, -0.2) is 22.4 Å². The molecule has 0 radical (unpaired) electrons. The number of nitrogens with zero attached hydrogens (tertiary/aromatic N) is 2. The first-order chi connectivity index (χ1) is 8.26. The number of aromatic nitrogens is 2. The Morgan fingerprint density at radius 2 is 2.18 bits per heavy atom. The summed E-state index contributed by atoms with van der Waals surface area (Å²) in [6.45, 7) is 5.65. The van der Waals surface area contributed by atoms with Gasteiger partial charge in [-0.25, -0.2) is 0 Å². The molecule has 0 fully saturated rings. The third kappa shape index (κ3) is 5.87. The molecule has 0 saturated carbocycles. The van der Waals surface area contributed by atoms with Crippen LogP contribution in [0.1, 0.15) is 51.5 Å². The van der Waals surface area contributed by atoms with Crippen molar-refractivity contribution in [3.05, 3.63) is 18.0 Å². The highest BCUT2D eigenvalue weighted by Crippen LogP contribution is 2.08. The first-order valence-corrected chi connectivity index (χ1v) is 6.97. The Kier molecular flexibility index (Phi) is 6.94. The summed E-state index contributed by atoms with van der Waals surface area (Å²) in [7, 11) is 1.98. The Balaban J connectivity index is 2.09. The average Bonchev–Trinajstić information content (AvgIpc) is 2.74. The molecule has 0 spiro atoms. The van der Waals surface area contributed by atoms with E-state index in [1.165, 1.54) is 37.7 Å². The van der Waals surface area contributed by atoms with Gasteiger partial charge in [0.2, 0.25) is 0 Å². The van der Waals surface area contributed by atoms with Crippen LogP contribution in [0.4, 0.5) is 0 Å². The molecule has 1 unspecified atom stereocenters. The molecule has 0 amide bonds. The fraction of sp³-hybridized carbons (Fsp3) is 0.786. The van der Waals surface area contributed by atoms with Crippen LogP contribution in [0.15, 0.2) is 12.4 Å². The third-order valence-corrected chi connectivity index (χ3v) is 3.20. The summed E-state index contributed by atoms with van der Waals surface area (Å²) >= 11 is 0. The summed E-state index contributed by atoms with van der Waals surface area (Å²) in [6.07, 6.45) is 11.6. The first kappa shape index (κ1) is 14.2. The Bertz CT molecular complexity index is 293. The SMILES string of the molecule is CCCNC(CC)CCCCc1cnn(C)c1. The molecular formula is C14H27N3.